The van der Waals surface area contributed by atoms with Crippen LogP contribution in [0.25, 0.3) is 0 Å². The minimum Gasteiger partial charge on any atom is -0.480 e. The topological polar surface area (TPSA) is 142 Å². The molecule has 0 saturated carbocycles. The molecule has 1 saturated heterocycles. The second-order valence-electron chi connectivity index (χ2n) is 5.79. The molecule has 0 spiro atoms. The highest BCUT2D eigenvalue weighted by Gasteiger charge is 2.38. The number of hydrogen-bond donors (Lipinski definition) is 4. The monoisotopic (exact) mass is 328 g/mol. The van der Waals surface area contributed by atoms with E-state index in [1.165, 1.54) is 4.90 Å². The lowest BCUT2D eigenvalue weighted by Crippen LogP contribution is -2.56. The highest BCUT2D eigenvalue weighted by molar-refractivity contribution is 5.93. The number of hydrogen-bond acceptors (Lipinski definition) is 5. The molecule has 1 fully saturated rings. The van der Waals surface area contributed by atoms with Crippen molar-refractivity contribution in [2.75, 3.05) is 19.6 Å². The van der Waals surface area contributed by atoms with Crippen LogP contribution in [0.2, 0.25) is 0 Å². The van der Waals surface area contributed by atoms with Gasteiger partial charge in [0.2, 0.25) is 17.7 Å². The second-order valence-corrected chi connectivity index (χ2v) is 5.79. The van der Waals surface area contributed by atoms with Crippen molar-refractivity contribution in [3.05, 3.63) is 0 Å². The molecule has 9 nitrogen and oxygen atoms in total. The molecule has 1 aliphatic heterocycles. The van der Waals surface area contributed by atoms with Gasteiger partial charge >= 0.3 is 5.97 Å². The lowest BCUT2D eigenvalue weighted by Gasteiger charge is -2.30. The molecule has 130 valence electrons. The van der Waals surface area contributed by atoms with Crippen molar-refractivity contribution in [2.24, 2.45) is 11.7 Å². The van der Waals surface area contributed by atoms with Crippen LogP contribution in [0.15, 0.2) is 0 Å². The first-order chi connectivity index (χ1) is 10.8. The Morgan fingerprint density at radius 1 is 1.30 bits per heavy atom. The molecule has 23 heavy (non-hydrogen) atoms. The molecule has 1 rings (SSSR count). The van der Waals surface area contributed by atoms with Crippen LogP contribution in [-0.4, -0.2) is 65.4 Å². The lowest BCUT2D eigenvalue weighted by molar-refractivity contribution is -0.143. The van der Waals surface area contributed by atoms with Gasteiger partial charge in [-0.1, -0.05) is 13.8 Å². The summed E-state index contributed by atoms with van der Waals surface area (Å²) in [4.78, 5) is 48.1. The molecule has 1 aliphatic rings. The maximum absolute atomic E-state index is 12.7. The summed E-state index contributed by atoms with van der Waals surface area (Å²) >= 11 is 0. The Hall–Kier alpha value is -2.16. The van der Waals surface area contributed by atoms with Crippen molar-refractivity contribution < 1.29 is 24.3 Å². The van der Waals surface area contributed by atoms with Crippen LogP contribution in [0, 0.1) is 5.92 Å². The Morgan fingerprint density at radius 3 is 2.48 bits per heavy atom. The molecule has 5 N–H and O–H groups in total. The average molecular weight is 328 g/mol. The second kappa shape index (κ2) is 8.47. The summed E-state index contributed by atoms with van der Waals surface area (Å²) in [7, 11) is 0. The first-order valence-electron chi connectivity index (χ1n) is 7.57. The third-order valence-electron chi connectivity index (χ3n) is 3.69. The van der Waals surface area contributed by atoms with Gasteiger partial charge < -0.3 is 26.4 Å². The van der Waals surface area contributed by atoms with Gasteiger partial charge in [0.25, 0.3) is 0 Å². The Labute approximate surface area is 134 Å². The fourth-order valence-corrected chi connectivity index (χ4v) is 2.51. The van der Waals surface area contributed by atoms with E-state index < -0.39 is 36.4 Å². The van der Waals surface area contributed by atoms with E-state index in [2.05, 4.69) is 10.6 Å². The standard InChI is InChI=1S/C14H24N4O5/c1-8(2)12(17-10(19)6-15)14(23)18-5-3-4-9(18)13(22)16-7-11(20)21/h8-9,12H,3-7,15H2,1-2H3,(H,16,22)(H,17,19)(H,20,21)/t9-,12-/m0/s1. The SMILES string of the molecule is CC(C)[C@H](NC(=O)CN)C(=O)N1CCC[C@H]1C(=O)NCC(=O)O. The summed E-state index contributed by atoms with van der Waals surface area (Å²) in [6.07, 6.45) is 1.11. The van der Waals surface area contributed by atoms with Crippen molar-refractivity contribution in [3.63, 3.8) is 0 Å². The van der Waals surface area contributed by atoms with Gasteiger partial charge in [0.15, 0.2) is 0 Å². The van der Waals surface area contributed by atoms with Gasteiger partial charge in [0, 0.05) is 6.54 Å². The van der Waals surface area contributed by atoms with Crippen LogP contribution >= 0.6 is 0 Å². The zero-order valence-electron chi connectivity index (χ0n) is 13.4. The van der Waals surface area contributed by atoms with Gasteiger partial charge in [-0.15, -0.1) is 0 Å². The highest BCUT2D eigenvalue weighted by atomic mass is 16.4. The summed E-state index contributed by atoms with van der Waals surface area (Å²) in [5.41, 5.74) is 5.26. The Morgan fingerprint density at radius 2 is 1.96 bits per heavy atom. The summed E-state index contributed by atoms with van der Waals surface area (Å²) in [6, 6.07) is -1.48. The Balaban J connectivity index is 2.79. The van der Waals surface area contributed by atoms with Gasteiger partial charge in [0.05, 0.1) is 6.54 Å². The molecule has 2 atom stereocenters. The van der Waals surface area contributed by atoms with Crippen molar-refractivity contribution in [3.8, 4) is 0 Å². The quantitative estimate of drug-likeness (QED) is 0.438. The molecule has 0 radical (unpaired) electrons. The molecule has 0 aromatic heterocycles. The number of carboxylic acid groups (broad SMARTS) is 1. The Kier molecular flexibility index (Phi) is 6.95. The molecule has 9 heteroatoms. The predicted octanol–water partition coefficient (Wildman–Crippen LogP) is -1.72. The van der Waals surface area contributed by atoms with Gasteiger partial charge in [-0.3, -0.25) is 19.2 Å². The Bertz CT molecular complexity index is 480. The lowest BCUT2D eigenvalue weighted by atomic mass is 10.0. The maximum atomic E-state index is 12.7. The number of amides is 3. The number of carbonyl (C=O) groups excluding carboxylic acids is 3. The molecule has 0 aromatic rings. The van der Waals surface area contributed by atoms with E-state index in [1.807, 2.05) is 0 Å². The van der Waals surface area contributed by atoms with E-state index in [1.54, 1.807) is 13.8 Å². The number of likely N-dealkylation sites (tertiary alicyclic amines) is 1. The van der Waals surface area contributed by atoms with Crippen molar-refractivity contribution in [1.29, 1.82) is 0 Å². The molecule has 0 aromatic carbocycles. The van der Waals surface area contributed by atoms with Gasteiger partial charge in [-0.05, 0) is 18.8 Å². The highest BCUT2D eigenvalue weighted by Crippen LogP contribution is 2.20. The van der Waals surface area contributed by atoms with E-state index >= 15 is 0 Å². The van der Waals surface area contributed by atoms with Crippen LogP contribution < -0.4 is 16.4 Å². The smallest absolute Gasteiger partial charge is 0.322 e. The van der Waals surface area contributed by atoms with E-state index in [0.29, 0.717) is 19.4 Å². The average Bonchev–Trinajstić information content (AvgIpc) is 2.98. The third kappa shape index (κ3) is 5.20. The van der Waals surface area contributed by atoms with Crippen molar-refractivity contribution >= 4 is 23.7 Å². The number of nitrogens with zero attached hydrogens (tertiary/aromatic N) is 1. The van der Waals surface area contributed by atoms with Gasteiger partial charge in [-0.2, -0.15) is 0 Å². The van der Waals surface area contributed by atoms with Crippen LogP contribution in [-0.2, 0) is 19.2 Å². The van der Waals surface area contributed by atoms with E-state index in [0.717, 1.165) is 0 Å². The van der Waals surface area contributed by atoms with Crippen LogP contribution in [0.3, 0.4) is 0 Å². The number of rotatable bonds is 7. The molecule has 1 heterocycles. The third-order valence-corrected chi connectivity index (χ3v) is 3.69. The summed E-state index contributed by atoms with van der Waals surface area (Å²) in [5.74, 6) is -2.60. The minimum absolute atomic E-state index is 0.165. The first kappa shape index (κ1) is 18.9. The molecular weight excluding hydrogens is 304 g/mol. The molecular formula is C14H24N4O5. The summed E-state index contributed by atoms with van der Waals surface area (Å²) in [6.45, 7) is 3.25. The predicted molar refractivity (Wildman–Crippen MR) is 81.2 cm³/mol. The number of nitrogens with two attached hydrogens (primary N) is 1. The number of nitrogens with one attached hydrogen (secondary N) is 2. The van der Waals surface area contributed by atoms with Crippen LogP contribution in [0.5, 0.6) is 0 Å². The summed E-state index contributed by atoms with van der Waals surface area (Å²) < 4.78 is 0. The first-order valence-corrected chi connectivity index (χ1v) is 7.57. The zero-order chi connectivity index (χ0) is 17.6. The van der Waals surface area contributed by atoms with Gasteiger partial charge in [0.1, 0.15) is 18.6 Å². The number of carbonyl (C=O) groups is 4. The molecule has 0 bridgehead atoms. The van der Waals surface area contributed by atoms with E-state index in [9.17, 15) is 19.2 Å². The largest absolute Gasteiger partial charge is 0.480 e. The van der Waals surface area contributed by atoms with Gasteiger partial charge in [-0.25, -0.2) is 0 Å². The molecule has 0 aliphatic carbocycles. The maximum Gasteiger partial charge on any atom is 0.322 e. The van der Waals surface area contributed by atoms with Crippen molar-refractivity contribution in [1.82, 2.24) is 15.5 Å². The number of carboxylic acids is 1. The van der Waals surface area contributed by atoms with Crippen molar-refractivity contribution in [2.45, 2.75) is 38.8 Å². The minimum atomic E-state index is -1.15. The zero-order valence-corrected chi connectivity index (χ0v) is 13.4. The van der Waals surface area contributed by atoms with E-state index in [4.69, 9.17) is 10.8 Å². The number of aliphatic carboxylic acids is 1. The molecule has 0 unspecified atom stereocenters. The fraction of sp³-hybridized carbons (Fsp3) is 0.714. The fourth-order valence-electron chi connectivity index (χ4n) is 2.51. The van der Waals surface area contributed by atoms with E-state index in [-0.39, 0.29) is 18.4 Å². The summed E-state index contributed by atoms with van der Waals surface area (Å²) in [5, 5.41) is 13.5. The van der Waals surface area contributed by atoms with Crippen LogP contribution in [0.1, 0.15) is 26.7 Å². The molecule has 3 amide bonds. The van der Waals surface area contributed by atoms with Crippen LogP contribution in [0.4, 0.5) is 0 Å². The normalized spacial score (nSPS) is 18.6.